The molecule has 1 heterocycles. The summed E-state index contributed by atoms with van der Waals surface area (Å²) in [5.74, 6) is -0.511. The van der Waals surface area contributed by atoms with Gasteiger partial charge in [-0.15, -0.1) is 0 Å². The van der Waals surface area contributed by atoms with Gasteiger partial charge in [-0.05, 0) is 47.2 Å². The van der Waals surface area contributed by atoms with E-state index in [0.29, 0.717) is 21.4 Å². The summed E-state index contributed by atoms with van der Waals surface area (Å²) in [6.07, 6.45) is 0.423. The van der Waals surface area contributed by atoms with E-state index in [9.17, 15) is 13.6 Å². The largest absolute Gasteiger partial charge is 0.268 e. The lowest BCUT2D eigenvalue weighted by Gasteiger charge is -2.15. The zero-order valence-corrected chi connectivity index (χ0v) is 14.7. The van der Waals surface area contributed by atoms with E-state index in [2.05, 4.69) is 4.98 Å². The van der Waals surface area contributed by atoms with Crippen molar-refractivity contribution in [1.29, 1.82) is 0 Å². The summed E-state index contributed by atoms with van der Waals surface area (Å²) >= 11 is 1.82. The number of hydrogen-bond acceptors (Lipinski definition) is 2. The van der Waals surface area contributed by atoms with Crippen LogP contribution in [0.5, 0.6) is 0 Å². The van der Waals surface area contributed by atoms with Crippen molar-refractivity contribution in [2.24, 2.45) is 0 Å². The first-order valence-corrected chi connectivity index (χ1v) is 8.18. The molecule has 3 aromatic rings. The molecule has 2 aromatic carbocycles. The Bertz CT molecular complexity index is 962. The molecule has 0 aliphatic carbocycles. The molecule has 23 heavy (non-hydrogen) atoms. The van der Waals surface area contributed by atoms with Crippen LogP contribution in [0.15, 0.2) is 35.1 Å². The summed E-state index contributed by atoms with van der Waals surface area (Å²) in [5, 5.41) is 0.274. The van der Waals surface area contributed by atoms with Crippen molar-refractivity contribution < 1.29 is 8.78 Å². The second-order valence-corrected chi connectivity index (χ2v) is 6.37. The van der Waals surface area contributed by atoms with E-state index in [1.807, 2.05) is 29.5 Å². The molecule has 1 aromatic heterocycles. The average Bonchev–Trinajstić information content (AvgIpc) is 2.51. The molecular weight excluding hydrogens is 413 g/mol. The quantitative estimate of drug-likeness (QED) is 0.578. The van der Waals surface area contributed by atoms with Crippen LogP contribution in [0.1, 0.15) is 18.3 Å². The van der Waals surface area contributed by atoms with Gasteiger partial charge >= 0.3 is 0 Å². The van der Waals surface area contributed by atoms with Crippen molar-refractivity contribution in [2.75, 3.05) is 0 Å². The van der Waals surface area contributed by atoms with Crippen molar-refractivity contribution >= 4 is 33.5 Å². The number of fused-ring (bicyclic) bond motifs is 1. The van der Waals surface area contributed by atoms with Gasteiger partial charge in [0.1, 0.15) is 17.5 Å². The number of nitrogens with zero attached hydrogens (tertiary/aromatic N) is 2. The Morgan fingerprint density at radius 2 is 1.96 bits per heavy atom. The number of aromatic nitrogens is 2. The fourth-order valence-electron chi connectivity index (χ4n) is 2.60. The number of aryl methyl sites for hydroxylation is 2. The highest BCUT2D eigenvalue weighted by Crippen LogP contribution is 2.22. The molecule has 3 rings (SSSR count). The van der Waals surface area contributed by atoms with Crippen LogP contribution in [0.2, 0.25) is 0 Å². The number of halogens is 3. The highest BCUT2D eigenvalue weighted by Gasteiger charge is 2.17. The lowest BCUT2D eigenvalue weighted by atomic mass is 10.1. The third-order valence-corrected chi connectivity index (χ3v) is 4.53. The third-order valence-electron chi connectivity index (χ3n) is 3.71. The Morgan fingerprint density at radius 3 is 2.61 bits per heavy atom. The van der Waals surface area contributed by atoms with Crippen LogP contribution in [0, 0.1) is 22.1 Å². The number of benzene rings is 2. The Balaban J connectivity index is 2.48. The predicted octanol–water partition coefficient (Wildman–Crippen LogP) is 4.14. The highest BCUT2D eigenvalue weighted by atomic mass is 127. The van der Waals surface area contributed by atoms with Gasteiger partial charge in [0.05, 0.1) is 16.6 Å². The van der Waals surface area contributed by atoms with E-state index in [0.717, 1.165) is 0 Å². The van der Waals surface area contributed by atoms with Gasteiger partial charge in [0.25, 0.3) is 5.56 Å². The number of hydrogen-bond donors (Lipinski definition) is 0. The summed E-state index contributed by atoms with van der Waals surface area (Å²) in [6, 6.07) is 7.34. The van der Waals surface area contributed by atoms with Gasteiger partial charge in [0, 0.05) is 16.1 Å². The van der Waals surface area contributed by atoms with Gasteiger partial charge in [-0.2, -0.15) is 0 Å². The van der Waals surface area contributed by atoms with E-state index >= 15 is 0 Å². The second-order valence-electron chi connectivity index (χ2n) is 5.21. The van der Waals surface area contributed by atoms with Crippen LogP contribution >= 0.6 is 22.6 Å². The van der Waals surface area contributed by atoms with Crippen molar-refractivity contribution in [3.8, 4) is 5.69 Å². The van der Waals surface area contributed by atoms with E-state index in [1.165, 1.54) is 22.8 Å². The minimum atomic E-state index is -0.486. The number of para-hydroxylation sites is 1. The second kappa shape index (κ2) is 5.99. The fraction of sp³-hybridized carbons (Fsp3) is 0.176. The Kier molecular flexibility index (Phi) is 4.18. The normalized spacial score (nSPS) is 11.2. The molecular formula is C17H13F2IN2O. The van der Waals surface area contributed by atoms with Gasteiger partial charge in [-0.25, -0.2) is 13.8 Å². The minimum absolute atomic E-state index is 0.197. The lowest BCUT2D eigenvalue weighted by Crippen LogP contribution is -2.25. The van der Waals surface area contributed by atoms with E-state index in [4.69, 9.17) is 0 Å². The van der Waals surface area contributed by atoms with E-state index < -0.39 is 17.2 Å². The first kappa shape index (κ1) is 16.0. The Hall–Kier alpha value is -1.83. The van der Waals surface area contributed by atoms with Crippen molar-refractivity contribution in [3.05, 3.63) is 67.3 Å². The molecule has 0 atom stereocenters. The fourth-order valence-corrected chi connectivity index (χ4v) is 3.07. The molecule has 0 N–H and O–H groups in total. The van der Waals surface area contributed by atoms with Crippen LogP contribution in [0.25, 0.3) is 16.6 Å². The summed E-state index contributed by atoms with van der Waals surface area (Å²) in [5.41, 5.74) is 0.732. The molecule has 3 nitrogen and oxygen atoms in total. The van der Waals surface area contributed by atoms with Gasteiger partial charge in [-0.3, -0.25) is 9.36 Å². The topological polar surface area (TPSA) is 34.9 Å². The van der Waals surface area contributed by atoms with Crippen LogP contribution < -0.4 is 5.56 Å². The molecule has 6 heteroatoms. The summed E-state index contributed by atoms with van der Waals surface area (Å²) in [6.45, 7) is 3.56. The SMILES string of the molecule is CCc1nc2cc(F)c(I)cc2c(=O)n1-c1c(C)cccc1F. The molecule has 0 fully saturated rings. The van der Waals surface area contributed by atoms with Gasteiger partial charge in [-0.1, -0.05) is 19.1 Å². The van der Waals surface area contributed by atoms with Crippen LogP contribution in [0.4, 0.5) is 8.78 Å². The summed E-state index contributed by atoms with van der Waals surface area (Å²) in [7, 11) is 0. The third kappa shape index (κ3) is 2.65. The van der Waals surface area contributed by atoms with Crippen LogP contribution in [-0.2, 0) is 6.42 Å². The van der Waals surface area contributed by atoms with Crippen molar-refractivity contribution in [2.45, 2.75) is 20.3 Å². The first-order valence-electron chi connectivity index (χ1n) is 7.10. The molecule has 0 saturated carbocycles. The molecule has 0 unspecified atom stereocenters. The number of rotatable bonds is 2. The summed E-state index contributed by atoms with van der Waals surface area (Å²) in [4.78, 5) is 17.3. The summed E-state index contributed by atoms with van der Waals surface area (Å²) < 4.78 is 29.7. The lowest BCUT2D eigenvalue weighted by molar-refractivity contribution is 0.609. The van der Waals surface area contributed by atoms with Crippen LogP contribution in [-0.4, -0.2) is 9.55 Å². The first-order chi connectivity index (χ1) is 10.9. The smallest absolute Gasteiger partial charge is 0.266 e. The van der Waals surface area contributed by atoms with Gasteiger partial charge in [0.15, 0.2) is 0 Å². The highest BCUT2D eigenvalue weighted by molar-refractivity contribution is 14.1. The molecule has 0 radical (unpaired) electrons. The Morgan fingerprint density at radius 1 is 1.22 bits per heavy atom. The zero-order chi connectivity index (χ0) is 16.7. The Labute approximate surface area is 145 Å². The monoisotopic (exact) mass is 426 g/mol. The van der Waals surface area contributed by atoms with Gasteiger partial charge < -0.3 is 0 Å². The molecule has 0 amide bonds. The molecule has 0 bridgehead atoms. The maximum Gasteiger partial charge on any atom is 0.266 e. The maximum atomic E-state index is 14.3. The predicted molar refractivity (Wildman–Crippen MR) is 94.1 cm³/mol. The van der Waals surface area contributed by atoms with E-state index in [-0.39, 0.29) is 16.6 Å². The standard InChI is InChI=1S/C17H13F2IN2O/c1-3-15-21-14-8-12(19)13(20)7-10(14)17(23)22(15)16-9(2)5-4-6-11(16)18/h4-8H,3H2,1-2H3. The van der Waals surface area contributed by atoms with E-state index in [1.54, 1.807) is 19.1 Å². The zero-order valence-electron chi connectivity index (χ0n) is 12.5. The molecule has 0 aliphatic heterocycles. The molecule has 118 valence electrons. The van der Waals surface area contributed by atoms with Gasteiger partial charge in [0.2, 0.25) is 0 Å². The maximum absolute atomic E-state index is 14.3. The van der Waals surface area contributed by atoms with Crippen molar-refractivity contribution in [1.82, 2.24) is 9.55 Å². The van der Waals surface area contributed by atoms with Crippen molar-refractivity contribution in [3.63, 3.8) is 0 Å². The molecule has 0 aliphatic rings. The molecule has 0 saturated heterocycles. The average molecular weight is 426 g/mol. The van der Waals surface area contributed by atoms with Crippen LogP contribution in [0.3, 0.4) is 0 Å². The minimum Gasteiger partial charge on any atom is -0.268 e. The molecule has 0 spiro atoms.